The Morgan fingerprint density at radius 1 is 1.00 bits per heavy atom. The van der Waals surface area contributed by atoms with Gasteiger partial charge in [0.2, 0.25) is 5.91 Å². The molecule has 1 saturated heterocycles. The molecule has 1 aliphatic heterocycles. The third-order valence-corrected chi connectivity index (χ3v) is 5.24. The largest absolute Gasteiger partial charge is 0.344 e. The third kappa shape index (κ3) is 4.97. The van der Waals surface area contributed by atoms with Crippen LogP contribution < -0.4 is 15.1 Å². The lowest BCUT2D eigenvalue weighted by Crippen LogP contribution is -3.12. The first-order chi connectivity index (χ1) is 14.2. The number of quaternary nitrogens is 1. The first kappa shape index (κ1) is 19.1. The van der Waals surface area contributed by atoms with E-state index in [-0.39, 0.29) is 5.91 Å². The lowest BCUT2D eigenvalue weighted by Gasteiger charge is -2.30. The molecule has 2 N–H and O–H groups in total. The molecule has 6 nitrogen and oxygen atoms in total. The molecule has 29 heavy (non-hydrogen) atoms. The number of benzene rings is 2. The van der Waals surface area contributed by atoms with E-state index in [1.165, 1.54) is 0 Å². The van der Waals surface area contributed by atoms with Gasteiger partial charge in [0.15, 0.2) is 5.82 Å². The Bertz CT molecular complexity index is 951. The molecular weight excluding hydrogens is 362 g/mol. The van der Waals surface area contributed by atoms with E-state index >= 15 is 0 Å². The predicted molar refractivity (Wildman–Crippen MR) is 115 cm³/mol. The van der Waals surface area contributed by atoms with Gasteiger partial charge in [0.05, 0.1) is 45.3 Å². The monoisotopic (exact) mass is 388 g/mol. The highest BCUT2D eigenvalue weighted by atomic mass is 16.1. The molecule has 1 fully saturated rings. The maximum absolute atomic E-state index is 12.3. The number of hydrogen-bond donors (Lipinski definition) is 2. The summed E-state index contributed by atoms with van der Waals surface area (Å²) in [5, 5.41) is 11.8. The number of nitrogens with one attached hydrogen (secondary N) is 2. The minimum absolute atomic E-state index is 0.0352. The molecule has 0 unspecified atom stereocenters. The number of nitrogens with zero attached hydrogens (tertiary/aromatic N) is 3. The molecule has 0 aliphatic carbocycles. The third-order valence-electron chi connectivity index (χ3n) is 5.24. The summed E-state index contributed by atoms with van der Waals surface area (Å²) in [6.45, 7) is 4.24. The zero-order chi connectivity index (χ0) is 20.1. The number of carbonyl (C=O) groups is 1. The maximum Gasteiger partial charge on any atom is 0.228 e. The summed E-state index contributed by atoms with van der Waals surface area (Å²) in [5.41, 5.74) is 3.49. The van der Waals surface area contributed by atoms with Crippen LogP contribution in [-0.2, 0) is 11.2 Å². The van der Waals surface area contributed by atoms with Crippen molar-refractivity contribution in [2.75, 3.05) is 43.4 Å². The SMILES string of the molecule is C[NH+]1CCN(c2ccc(-c3cccc(NC(=O)Cc4ccccc4)c3)nn2)CC1. The van der Waals surface area contributed by atoms with E-state index in [0.29, 0.717) is 6.42 Å². The summed E-state index contributed by atoms with van der Waals surface area (Å²) >= 11 is 0. The highest BCUT2D eigenvalue weighted by Gasteiger charge is 2.18. The average molecular weight is 388 g/mol. The van der Waals surface area contributed by atoms with E-state index < -0.39 is 0 Å². The fraction of sp³-hybridized carbons (Fsp3) is 0.261. The topological polar surface area (TPSA) is 62.6 Å². The second-order valence-electron chi connectivity index (χ2n) is 7.51. The Hall–Kier alpha value is -3.25. The maximum atomic E-state index is 12.3. The summed E-state index contributed by atoms with van der Waals surface area (Å²) in [6, 6.07) is 21.5. The highest BCUT2D eigenvalue weighted by molar-refractivity contribution is 5.92. The van der Waals surface area contributed by atoms with Crippen molar-refractivity contribution in [3.8, 4) is 11.3 Å². The predicted octanol–water partition coefficient (Wildman–Crippen LogP) is 1.66. The quantitative estimate of drug-likeness (QED) is 0.698. The van der Waals surface area contributed by atoms with E-state index in [4.69, 9.17) is 0 Å². The van der Waals surface area contributed by atoms with Crippen LogP contribution in [0.5, 0.6) is 0 Å². The molecule has 4 rings (SSSR count). The second-order valence-corrected chi connectivity index (χ2v) is 7.51. The van der Waals surface area contributed by atoms with Gasteiger partial charge in [-0.2, -0.15) is 0 Å². The molecular formula is C23H26N5O+. The molecule has 0 atom stereocenters. The van der Waals surface area contributed by atoms with Crippen LogP contribution in [0, 0.1) is 0 Å². The van der Waals surface area contributed by atoms with Crippen molar-refractivity contribution in [1.29, 1.82) is 0 Å². The van der Waals surface area contributed by atoms with Crippen LogP contribution in [0.25, 0.3) is 11.3 Å². The van der Waals surface area contributed by atoms with Gasteiger partial charge in [-0.1, -0.05) is 42.5 Å². The number of amides is 1. The fourth-order valence-electron chi connectivity index (χ4n) is 3.51. The second kappa shape index (κ2) is 8.84. The first-order valence-electron chi connectivity index (χ1n) is 10.0. The number of carbonyl (C=O) groups excluding carboxylic acids is 1. The number of aromatic nitrogens is 2. The smallest absolute Gasteiger partial charge is 0.228 e. The van der Waals surface area contributed by atoms with Crippen LogP contribution in [0.1, 0.15) is 5.56 Å². The minimum Gasteiger partial charge on any atom is -0.344 e. The van der Waals surface area contributed by atoms with E-state index in [2.05, 4.69) is 27.5 Å². The lowest BCUT2D eigenvalue weighted by atomic mass is 10.1. The summed E-state index contributed by atoms with van der Waals surface area (Å²) < 4.78 is 0. The minimum atomic E-state index is -0.0352. The van der Waals surface area contributed by atoms with Crippen molar-refractivity contribution < 1.29 is 9.69 Å². The van der Waals surface area contributed by atoms with E-state index in [9.17, 15) is 4.79 Å². The first-order valence-corrected chi connectivity index (χ1v) is 10.0. The summed E-state index contributed by atoms with van der Waals surface area (Å²) in [5.74, 6) is 0.889. The Kier molecular flexibility index (Phi) is 5.81. The van der Waals surface area contributed by atoms with Crippen LogP contribution in [0.4, 0.5) is 11.5 Å². The van der Waals surface area contributed by atoms with Crippen LogP contribution in [0.3, 0.4) is 0 Å². The molecule has 0 spiro atoms. The molecule has 1 aliphatic rings. The van der Waals surface area contributed by atoms with Gasteiger partial charge in [0.1, 0.15) is 0 Å². The van der Waals surface area contributed by atoms with E-state index in [0.717, 1.165) is 54.5 Å². The Labute approximate surface area is 171 Å². The van der Waals surface area contributed by atoms with E-state index in [1.54, 1.807) is 4.90 Å². The fourth-order valence-corrected chi connectivity index (χ4v) is 3.51. The van der Waals surface area contributed by atoms with Crippen LogP contribution in [0.15, 0.2) is 66.7 Å². The molecule has 2 aromatic carbocycles. The number of likely N-dealkylation sites (N-methyl/N-ethyl adjacent to an activating group) is 1. The molecule has 3 aromatic rings. The van der Waals surface area contributed by atoms with Gasteiger partial charge >= 0.3 is 0 Å². The van der Waals surface area contributed by atoms with Gasteiger partial charge in [-0.15, -0.1) is 10.2 Å². The Balaban J connectivity index is 1.42. The number of rotatable bonds is 5. The van der Waals surface area contributed by atoms with Crippen molar-refractivity contribution in [2.24, 2.45) is 0 Å². The van der Waals surface area contributed by atoms with Gasteiger partial charge in [-0.25, -0.2) is 0 Å². The molecule has 2 heterocycles. The molecule has 148 valence electrons. The normalized spacial score (nSPS) is 14.6. The van der Waals surface area contributed by atoms with Crippen molar-refractivity contribution in [1.82, 2.24) is 10.2 Å². The average Bonchev–Trinajstić information content (AvgIpc) is 2.75. The van der Waals surface area contributed by atoms with Crippen LogP contribution in [-0.4, -0.2) is 49.3 Å². The van der Waals surface area contributed by atoms with Crippen molar-refractivity contribution in [3.05, 3.63) is 72.3 Å². The molecule has 0 bridgehead atoms. The van der Waals surface area contributed by atoms with Gasteiger partial charge in [-0.05, 0) is 29.8 Å². The Morgan fingerprint density at radius 3 is 2.52 bits per heavy atom. The highest BCUT2D eigenvalue weighted by Crippen LogP contribution is 2.22. The van der Waals surface area contributed by atoms with Crippen molar-refractivity contribution in [3.63, 3.8) is 0 Å². The summed E-state index contributed by atoms with van der Waals surface area (Å²) in [7, 11) is 2.22. The number of hydrogen-bond acceptors (Lipinski definition) is 4. The Morgan fingerprint density at radius 2 is 1.79 bits per heavy atom. The molecule has 0 saturated carbocycles. The number of piperazine rings is 1. The van der Waals surface area contributed by atoms with Gasteiger partial charge < -0.3 is 15.1 Å². The van der Waals surface area contributed by atoms with Gasteiger partial charge in [0, 0.05) is 11.3 Å². The van der Waals surface area contributed by atoms with Crippen molar-refractivity contribution >= 4 is 17.4 Å². The van der Waals surface area contributed by atoms with E-state index in [1.807, 2.05) is 66.7 Å². The van der Waals surface area contributed by atoms with Gasteiger partial charge in [-0.3, -0.25) is 4.79 Å². The van der Waals surface area contributed by atoms with Crippen LogP contribution >= 0.6 is 0 Å². The molecule has 1 aromatic heterocycles. The molecule has 1 amide bonds. The molecule has 0 radical (unpaired) electrons. The summed E-state index contributed by atoms with van der Waals surface area (Å²) in [4.78, 5) is 16.2. The summed E-state index contributed by atoms with van der Waals surface area (Å²) in [6.07, 6.45) is 0.353. The standard InChI is InChI=1S/C23H25N5O/c1-27-12-14-28(15-13-27)22-11-10-21(25-26-22)19-8-5-9-20(17-19)24-23(29)16-18-6-3-2-4-7-18/h2-11,17H,12-16H2,1H3,(H,24,29)/p+1. The molecule has 6 heteroatoms. The van der Waals surface area contributed by atoms with Crippen LogP contribution in [0.2, 0.25) is 0 Å². The number of anilines is 2. The van der Waals surface area contributed by atoms with Crippen molar-refractivity contribution in [2.45, 2.75) is 6.42 Å². The lowest BCUT2D eigenvalue weighted by molar-refractivity contribution is -0.880. The van der Waals surface area contributed by atoms with Gasteiger partial charge in [0.25, 0.3) is 0 Å². The zero-order valence-electron chi connectivity index (χ0n) is 16.6. The zero-order valence-corrected chi connectivity index (χ0v) is 16.6.